The Hall–Kier alpha value is -3.77. The number of piperazine rings is 1. The van der Waals surface area contributed by atoms with Gasteiger partial charge in [0.05, 0.1) is 29.2 Å². The molecule has 5 aliphatic heterocycles. The van der Waals surface area contributed by atoms with Gasteiger partial charge in [0.25, 0.3) is 0 Å². The normalized spacial score (nSPS) is 29.0. The predicted octanol–water partition coefficient (Wildman–Crippen LogP) is 6.37. The van der Waals surface area contributed by atoms with Crippen LogP contribution in [0.1, 0.15) is 63.6 Å². The van der Waals surface area contributed by atoms with Crippen LogP contribution in [0.5, 0.6) is 6.01 Å². The fourth-order valence-electron chi connectivity index (χ4n) is 9.75. The predicted molar refractivity (Wildman–Crippen MR) is 176 cm³/mol. The van der Waals surface area contributed by atoms with Gasteiger partial charge >= 0.3 is 6.01 Å². The number of nitrogens with zero attached hydrogens (tertiary/aromatic N) is 5. The number of aryl methyl sites for hydroxylation is 1. The molecule has 0 aliphatic carbocycles. The number of anilines is 2. The molecule has 12 heteroatoms. The van der Waals surface area contributed by atoms with Crippen molar-refractivity contribution in [2.75, 3.05) is 36.9 Å². The first-order chi connectivity index (χ1) is 23.0. The van der Waals surface area contributed by atoms with E-state index in [1.807, 2.05) is 13.8 Å². The lowest BCUT2D eigenvalue weighted by Gasteiger charge is -2.48. The molecule has 48 heavy (non-hydrogen) atoms. The number of alkyl halides is 2. The number of nitrogens with two attached hydrogens (primary N) is 1. The Bertz CT molecular complexity index is 2000. The Balaban J connectivity index is 1.28. The summed E-state index contributed by atoms with van der Waals surface area (Å²) in [7, 11) is 0. The second-order valence-corrected chi connectivity index (χ2v) is 14.7. The summed E-state index contributed by atoms with van der Waals surface area (Å²) in [5, 5.41) is 4.17. The molecule has 4 saturated heterocycles. The van der Waals surface area contributed by atoms with Gasteiger partial charge in [0.1, 0.15) is 29.5 Å². The maximum Gasteiger partial charge on any atom is 0.319 e. The van der Waals surface area contributed by atoms with E-state index in [2.05, 4.69) is 15.2 Å². The average molecular weight is 662 g/mol. The number of fused-ring (bicyclic) bond motifs is 7. The second kappa shape index (κ2) is 10.4. The van der Waals surface area contributed by atoms with Crippen LogP contribution in [0.15, 0.2) is 24.3 Å². The van der Waals surface area contributed by atoms with Crippen molar-refractivity contribution in [1.29, 1.82) is 0 Å². The molecular formula is C36H39F4N7O. The summed E-state index contributed by atoms with van der Waals surface area (Å²) in [4.78, 5) is 18.5. The van der Waals surface area contributed by atoms with Crippen LogP contribution >= 0.6 is 0 Å². The third-order valence-corrected chi connectivity index (χ3v) is 11.8. The maximum atomic E-state index is 17.2. The number of nitrogen functional groups attached to an aromatic ring is 1. The van der Waals surface area contributed by atoms with Crippen molar-refractivity contribution >= 4 is 33.2 Å². The highest BCUT2D eigenvalue weighted by Gasteiger charge is 2.62. The lowest BCUT2D eigenvalue weighted by Crippen LogP contribution is -2.69. The summed E-state index contributed by atoms with van der Waals surface area (Å²) in [5.74, 6) is -5.24. The number of halogens is 4. The van der Waals surface area contributed by atoms with Crippen molar-refractivity contribution in [2.45, 2.75) is 88.4 Å². The van der Waals surface area contributed by atoms with Crippen molar-refractivity contribution in [3.05, 3.63) is 47.2 Å². The Morgan fingerprint density at radius 3 is 2.58 bits per heavy atom. The molecule has 5 aliphatic rings. The maximum absolute atomic E-state index is 17.2. The van der Waals surface area contributed by atoms with Crippen molar-refractivity contribution in [2.24, 2.45) is 5.92 Å². The lowest BCUT2D eigenvalue weighted by atomic mass is 9.87. The largest absolute Gasteiger partial charge is 0.461 e. The minimum atomic E-state index is -2.01. The molecule has 4 atom stereocenters. The topological polar surface area (TPSA) is 92.4 Å². The van der Waals surface area contributed by atoms with E-state index in [1.165, 1.54) is 6.07 Å². The summed E-state index contributed by atoms with van der Waals surface area (Å²) in [6, 6.07) is 5.56. The van der Waals surface area contributed by atoms with Gasteiger partial charge in [0, 0.05) is 24.1 Å². The Morgan fingerprint density at radius 2 is 1.81 bits per heavy atom. The quantitative estimate of drug-likeness (QED) is 0.145. The monoisotopic (exact) mass is 661 g/mol. The molecule has 0 unspecified atom stereocenters. The standard InChI is InChI=1S/C36H39F4N7O/c1-3-22-24(37)7-6-20-15-21(41)16-23(26(20)22)29-28(38)30-27-25(42-29)14-19(2)31-36(40)11-10-35(39,45-36)17-47(31)32(27)44-33(43-30)48-18-34-8-4-12-46(34)13-5-9-34/h6-7,15-16,19,31,45H,3-5,8-14,17-18,41H2,1-2H3/t19-,31-,35+,36-/m0/s1. The SMILES string of the molecule is CCc1c(F)ccc2cc(N)cc(-c3nc4c5c(nc(OCC67CCCN6CCC7)nc5c3F)N3C[C@@]5(F)CC[C@](F)(N5)[C@@H]3[C@@H](C)C4)c12. The number of aromatic nitrogens is 3. The number of ether oxygens (including phenoxy) is 1. The van der Waals surface area contributed by atoms with Gasteiger partial charge in [-0.1, -0.05) is 19.9 Å². The molecule has 252 valence electrons. The van der Waals surface area contributed by atoms with Gasteiger partial charge in [-0.15, -0.1) is 0 Å². The number of benzene rings is 2. The summed E-state index contributed by atoms with van der Waals surface area (Å²) >= 11 is 0. The van der Waals surface area contributed by atoms with E-state index in [9.17, 15) is 0 Å². The van der Waals surface area contributed by atoms with Gasteiger partial charge in [-0.25, -0.2) is 27.9 Å². The summed E-state index contributed by atoms with van der Waals surface area (Å²) in [6.07, 6.45) is 4.80. The van der Waals surface area contributed by atoms with E-state index in [-0.39, 0.29) is 60.3 Å². The smallest absolute Gasteiger partial charge is 0.319 e. The van der Waals surface area contributed by atoms with Crippen LogP contribution in [0, 0.1) is 17.6 Å². The van der Waals surface area contributed by atoms with Crippen LogP contribution in [0.2, 0.25) is 0 Å². The van der Waals surface area contributed by atoms with Crippen molar-refractivity contribution in [1.82, 2.24) is 25.2 Å². The number of hydrogen-bond acceptors (Lipinski definition) is 8. The van der Waals surface area contributed by atoms with E-state index in [0.29, 0.717) is 51.7 Å². The Kier molecular flexibility index (Phi) is 6.55. The highest BCUT2D eigenvalue weighted by atomic mass is 19.2. The minimum absolute atomic E-state index is 0.00890. The van der Waals surface area contributed by atoms with Crippen molar-refractivity contribution in [3.63, 3.8) is 0 Å². The molecule has 3 N–H and O–H groups in total. The molecule has 4 aromatic rings. The van der Waals surface area contributed by atoms with Crippen LogP contribution in [0.3, 0.4) is 0 Å². The van der Waals surface area contributed by atoms with Gasteiger partial charge in [-0.3, -0.25) is 4.90 Å². The van der Waals surface area contributed by atoms with Crippen LogP contribution in [-0.2, 0) is 12.8 Å². The van der Waals surface area contributed by atoms with E-state index in [1.54, 1.807) is 23.1 Å². The van der Waals surface area contributed by atoms with Gasteiger partial charge < -0.3 is 15.4 Å². The molecule has 2 bridgehead atoms. The van der Waals surface area contributed by atoms with E-state index < -0.39 is 29.3 Å². The van der Waals surface area contributed by atoms with E-state index in [0.717, 1.165) is 38.8 Å². The molecule has 0 saturated carbocycles. The zero-order valence-corrected chi connectivity index (χ0v) is 27.2. The summed E-state index contributed by atoms with van der Waals surface area (Å²) in [6.45, 7) is 5.95. The zero-order chi connectivity index (χ0) is 33.2. The first-order valence-electron chi connectivity index (χ1n) is 17.2. The molecule has 0 radical (unpaired) electrons. The first kappa shape index (κ1) is 30.3. The molecule has 2 aromatic carbocycles. The molecule has 0 amide bonds. The third-order valence-electron chi connectivity index (χ3n) is 11.8. The Morgan fingerprint density at radius 1 is 1.02 bits per heavy atom. The fourth-order valence-corrected chi connectivity index (χ4v) is 9.75. The first-order valence-corrected chi connectivity index (χ1v) is 17.2. The number of rotatable bonds is 5. The fraction of sp³-hybridized carbons (Fsp3) is 0.528. The zero-order valence-electron chi connectivity index (χ0n) is 27.2. The molecule has 0 spiro atoms. The molecular weight excluding hydrogens is 622 g/mol. The van der Waals surface area contributed by atoms with Gasteiger partial charge in [-0.05, 0) is 92.1 Å². The number of hydrogen-bond donors (Lipinski definition) is 2. The van der Waals surface area contributed by atoms with Crippen LogP contribution in [-0.4, -0.2) is 69.3 Å². The third kappa shape index (κ3) is 4.30. The van der Waals surface area contributed by atoms with E-state index >= 15 is 17.6 Å². The minimum Gasteiger partial charge on any atom is -0.461 e. The highest BCUT2D eigenvalue weighted by molar-refractivity contribution is 6.03. The molecule has 2 aromatic heterocycles. The van der Waals surface area contributed by atoms with Crippen LogP contribution in [0.25, 0.3) is 32.9 Å². The summed E-state index contributed by atoms with van der Waals surface area (Å²) in [5.41, 5.74) is 7.78. The molecule has 9 rings (SSSR count). The van der Waals surface area contributed by atoms with E-state index in [4.69, 9.17) is 20.4 Å². The van der Waals surface area contributed by atoms with Crippen LogP contribution < -0.4 is 20.7 Å². The number of pyridine rings is 1. The molecule has 7 heterocycles. The lowest BCUT2D eigenvalue weighted by molar-refractivity contribution is -0.00286. The van der Waals surface area contributed by atoms with Gasteiger partial charge in [0.2, 0.25) is 0 Å². The van der Waals surface area contributed by atoms with Crippen molar-refractivity contribution in [3.8, 4) is 17.3 Å². The number of nitrogens with one attached hydrogen (secondary N) is 1. The Labute approximate surface area is 276 Å². The average Bonchev–Trinajstić information content (AvgIpc) is 3.68. The second-order valence-electron chi connectivity index (χ2n) is 14.7. The molecule has 4 fully saturated rings. The highest BCUT2D eigenvalue weighted by Crippen LogP contribution is 2.51. The summed E-state index contributed by atoms with van der Waals surface area (Å²) < 4.78 is 71.5. The van der Waals surface area contributed by atoms with Gasteiger partial charge in [-0.2, -0.15) is 9.97 Å². The molecule has 8 nitrogen and oxygen atoms in total. The van der Waals surface area contributed by atoms with Gasteiger partial charge in [0.15, 0.2) is 17.4 Å². The van der Waals surface area contributed by atoms with Crippen molar-refractivity contribution < 1.29 is 22.3 Å². The van der Waals surface area contributed by atoms with Crippen LogP contribution in [0.4, 0.5) is 29.1 Å².